The Bertz CT molecular complexity index is 215. The number of likely N-dealkylation sites (tertiary alicyclic amines) is 1. The number of nitrogens with zero attached hydrogens (tertiary/aromatic N) is 1. The molecule has 0 saturated carbocycles. The molecule has 1 rings (SSSR count). The predicted octanol–water partition coefficient (Wildman–Crippen LogP) is 1.71. The fraction of sp³-hybridized carbons (Fsp3) is 0.917. The number of carbonyl (C=O) groups excluding carboxylic acids is 1. The topological polar surface area (TPSA) is 32.3 Å². The lowest BCUT2D eigenvalue weighted by Crippen LogP contribution is -2.34. The van der Waals surface area contributed by atoms with Crippen LogP contribution in [0.5, 0.6) is 0 Å². The standard InChI is InChI=1S/C12H23ClN2O/c1-10(9-13)12(16)14-6-3-11-4-7-15(2)8-5-11/h10-11H,3-9H2,1-2H3,(H,14,16). The van der Waals surface area contributed by atoms with Gasteiger partial charge < -0.3 is 10.2 Å². The molecular weight excluding hydrogens is 224 g/mol. The molecule has 1 atom stereocenters. The highest BCUT2D eigenvalue weighted by Gasteiger charge is 2.17. The Labute approximate surface area is 104 Å². The van der Waals surface area contributed by atoms with Gasteiger partial charge >= 0.3 is 0 Å². The fourth-order valence-electron chi connectivity index (χ4n) is 1.99. The molecule has 1 amide bonds. The lowest BCUT2D eigenvalue weighted by Gasteiger charge is -2.28. The molecule has 0 bridgehead atoms. The zero-order chi connectivity index (χ0) is 12.0. The summed E-state index contributed by atoms with van der Waals surface area (Å²) in [7, 11) is 2.17. The number of halogens is 1. The van der Waals surface area contributed by atoms with E-state index < -0.39 is 0 Å². The third kappa shape index (κ3) is 4.71. The van der Waals surface area contributed by atoms with Crippen LogP contribution in [0.15, 0.2) is 0 Å². The van der Waals surface area contributed by atoms with Crippen LogP contribution in [0.1, 0.15) is 26.2 Å². The molecule has 0 aromatic rings. The lowest BCUT2D eigenvalue weighted by molar-refractivity contribution is -0.123. The summed E-state index contributed by atoms with van der Waals surface area (Å²) >= 11 is 5.62. The minimum Gasteiger partial charge on any atom is -0.356 e. The Morgan fingerprint density at radius 2 is 2.12 bits per heavy atom. The van der Waals surface area contributed by atoms with Gasteiger partial charge in [-0.1, -0.05) is 6.92 Å². The number of carbonyl (C=O) groups is 1. The number of nitrogens with one attached hydrogen (secondary N) is 1. The molecule has 1 fully saturated rings. The van der Waals surface area contributed by atoms with E-state index in [2.05, 4.69) is 17.3 Å². The van der Waals surface area contributed by atoms with Crippen LogP contribution in [0.4, 0.5) is 0 Å². The summed E-state index contributed by atoms with van der Waals surface area (Å²) in [6, 6.07) is 0. The SMILES string of the molecule is CC(CCl)C(=O)NCCC1CCN(C)CC1. The second-order valence-electron chi connectivity index (χ2n) is 4.88. The van der Waals surface area contributed by atoms with E-state index in [1.165, 1.54) is 25.9 Å². The Kier molecular flexibility index (Phi) is 6.14. The Morgan fingerprint density at radius 3 is 2.69 bits per heavy atom. The summed E-state index contributed by atoms with van der Waals surface area (Å²) in [4.78, 5) is 13.8. The first kappa shape index (κ1) is 13.8. The summed E-state index contributed by atoms with van der Waals surface area (Å²) in [6.45, 7) is 5.04. The molecular formula is C12H23ClN2O. The smallest absolute Gasteiger partial charge is 0.224 e. The van der Waals surface area contributed by atoms with Gasteiger partial charge in [-0.05, 0) is 45.3 Å². The number of rotatable bonds is 5. The molecule has 1 aliphatic heterocycles. The minimum absolute atomic E-state index is 0.0702. The Hall–Kier alpha value is -0.280. The first-order chi connectivity index (χ1) is 7.63. The molecule has 0 radical (unpaired) electrons. The normalized spacial score (nSPS) is 20.7. The monoisotopic (exact) mass is 246 g/mol. The van der Waals surface area contributed by atoms with Gasteiger partial charge in [-0.2, -0.15) is 0 Å². The first-order valence-electron chi connectivity index (χ1n) is 6.15. The van der Waals surface area contributed by atoms with Crippen molar-refractivity contribution < 1.29 is 4.79 Å². The van der Waals surface area contributed by atoms with Crippen LogP contribution in [-0.2, 0) is 4.79 Å². The molecule has 16 heavy (non-hydrogen) atoms. The number of alkyl halides is 1. The van der Waals surface area contributed by atoms with Gasteiger partial charge in [-0.15, -0.1) is 11.6 Å². The first-order valence-corrected chi connectivity index (χ1v) is 6.69. The molecule has 0 aliphatic carbocycles. The highest BCUT2D eigenvalue weighted by atomic mass is 35.5. The van der Waals surface area contributed by atoms with Gasteiger partial charge in [0.1, 0.15) is 0 Å². The number of hydrogen-bond donors (Lipinski definition) is 1. The Morgan fingerprint density at radius 1 is 1.50 bits per heavy atom. The van der Waals surface area contributed by atoms with Crippen LogP contribution in [0.2, 0.25) is 0 Å². The maximum atomic E-state index is 11.5. The van der Waals surface area contributed by atoms with Crippen molar-refractivity contribution in [3.05, 3.63) is 0 Å². The van der Waals surface area contributed by atoms with Gasteiger partial charge in [-0.3, -0.25) is 4.79 Å². The maximum absolute atomic E-state index is 11.5. The van der Waals surface area contributed by atoms with Crippen LogP contribution in [0.3, 0.4) is 0 Å². The molecule has 4 heteroatoms. The van der Waals surface area contributed by atoms with Crippen LogP contribution < -0.4 is 5.32 Å². The minimum atomic E-state index is -0.0702. The van der Waals surface area contributed by atoms with E-state index >= 15 is 0 Å². The van der Waals surface area contributed by atoms with E-state index in [4.69, 9.17) is 11.6 Å². The van der Waals surface area contributed by atoms with E-state index in [0.717, 1.165) is 18.9 Å². The van der Waals surface area contributed by atoms with Crippen molar-refractivity contribution in [3.8, 4) is 0 Å². The van der Waals surface area contributed by atoms with Crippen molar-refractivity contribution in [1.82, 2.24) is 10.2 Å². The van der Waals surface area contributed by atoms with Crippen molar-refractivity contribution in [2.75, 3.05) is 32.6 Å². The van der Waals surface area contributed by atoms with E-state index in [-0.39, 0.29) is 11.8 Å². The molecule has 0 aromatic carbocycles. The molecule has 0 aromatic heterocycles. The molecule has 1 heterocycles. The third-order valence-corrected chi connectivity index (χ3v) is 3.83. The van der Waals surface area contributed by atoms with Gasteiger partial charge in [0, 0.05) is 18.3 Å². The summed E-state index contributed by atoms with van der Waals surface area (Å²) in [5, 5.41) is 2.95. The number of amides is 1. The highest BCUT2D eigenvalue weighted by molar-refractivity contribution is 6.19. The van der Waals surface area contributed by atoms with Crippen LogP contribution in [0, 0.1) is 11.8 Å². The maximum Gasteiger partial charge on any atom is 0.224 e. The van der Waals surface area contributed by atoms with E-state index in [1.807, 2.05) is 6.92 Å². The van der Waals surface area contributed by atoms with Crippen molar-refractivity contribution in [3.63, 3.8) is 0 Å². The lowest BCUT2D eigenvalue weighted by atomic mass is 9.94. The molecule has 0 spiro atoms. The molecule has 94 valence electrons. The second-order valence-corrected chi connectivity index (χ2v) is 5.19. The molecule has 1 N–H and O–H groups in total. The fourth-order valence-corrected chi connectivity index (χ4v) is 2.13. The van der Waals surface area contributed by atoms with Crippen molar-refractivity contribution in [2.45, 2.75) is 26.2 Å². The van der Waals surface area contributed by atoms with Gasteiger partial charge in [-0.25, -0.2) is 0 Å². The largest absolute Gasteiger partial charge is 0.356 e. The number of hydrogen-bond acceptors (Lipinski definition) is 2. The highest BCUT2D eigenvalue weighted by Crippen LogP contribution is 2.18. The summed E-state index contributed by atoms with van der Waals surface area (Å²) < 4.78 is 0. The van der Waals surface area contributed by atoms with E-state index in [0.29, 0.717) is 5.88 Å². The van der Waals surface area contributed by atoms with Crippen molar-refractivity contribution in [1.29, 1.82) is 0 Å². The summed E-state index contributed by atoms with van der Waals surface area (Å²) in [5.41, 5.74) is 0. The molecule has 1 unspecified atom stereocenters. The zero-order valence-electron chi connectivity index (χ0n) is 10.3. The van der Waals surface area contributed by atoms with Gasteiger partial charge in [0.15, 0.2) is 0 Å². The zero-order valence-corrected chi connectivity index (χ0v) is 11.1. The average molecular weight is 247 g/mol. The van der Waals surface area contributed by atoms with Gasteiger partial charge in [0.05, 0.1) is 0 Å². The molecule has 1 aliphatic rings. The second kappa shape index (κ2) is 7.13. The molecule has 3 nitrogen and oxygen atoms in total. The van der Waals surface area contributed by atoms with Crippen LogP contribution in [0.25, 0.3) is 0 Å². The quantitative estimate of drug-likeness (QED) is 0.749. The third-order valence-electron chi connectivity index (χ3n) is 3.37. The van der Waals surface area contributed by atoms with Gasteiger partial charge in [0.2, 0.25) is 5.91 Å². The van der Waals surface area contributed by atoms with Crippen molar-refractivity contribution in [2.24, 2.45) is 11.8 Å². The number of piperidine rings is 1. The van der Waals surface area contributed by atoms with E-state index in [9.17, 15) is 4.79 Å². The summed E-state index contributed by atoms with van der Waals surface area (Å²) in [5.74, 6) is 1.20. The van der Waals surface area contributed by atoms with Gasteiger partial charge in [0.25, 0.3) is 0 Å². The molecule has 1 saturated heterocycles. The van der Waals surface area contributed by atoms with Crippen LogP contribution in [-0.4, -0.2) is 43.4 Å². The Balaban J connectivity index is 2.09. The van der Waals surface area contributed by atoms with Crippen molar-refractivity contribution >= 4 is 17.5 Å². The average Bonchev–Trinajstić information content (AvgIpc) is 2.30. The van der Waals surface area contributed by atoms with Crippen LogP contribution >= 0.6 is 11.6 Å². The van der Waals surface area contributed by atoms with E-state index in [1.54, 1.807) is 0 Å². The predicted molar refractivity (Wildman–Crippen MR) is 67.7 cm³/mol. The summed E-state index contributed by atoms with van der Waals surface area (Å²) in [6.07, 6.45) is 3.63.